The summed E-state index contributed by atoms with van der Waals surface area (Å²) in [5, 5.41) is 4.26. The molecule has 0 amide bonds. The fourth-order valence-corrected chi connectivity index (χ4v) is 3.15. The quantitative estimate of drug-likeness (QED) is 0.857. The van der Waals surface area contributed by atoms with Crippen LogP contribution in [0.15, 0.2) is 36.7 Å². The first-order valence-electron chi connectivity index (χ1n) is 8.07. The number of ether oxygens (including phenoxy) is 3. The van der Waals surface area contributed by atoms with E-state index in [9.17, 15) is 0 Å². The highest BCUT2D eigenvalue weighted by Crippen LogP contribution is 2.34. The van der Waals surface area contributed by atoms with Crippen LogP contribution in [0.3, 0.4) is 0 Å². The van der Waals surface area contributed by atoms with E-state index in [-0.39, 0.29) is 6.10 Å². The molecule has 0 saturated carbocycles. The van der Waals surface area contributed by atoms with Crippen LogP contribution in [0.1, 0.15) is 5.56 Å². The van der Waals surface area contributed by atoms with Crippen molar-refractivity contribution < 1.29 is 14.2 Å². The van der Waals surface area contributed by atoms with Crippen LogP contribution in [0.5, 0.6) is 11.5 Å². The van der Waals surface area contributed by atoms with Crippen molar-refractivity contribution in [2.24, 2.45) is 0 Å². The lowest BCUT2D eigenvalue weighted by molar-refractivity contribution is -0.0405. The lowest BCUT2D eigenvalue weighted by Gasteiger charge is -2.33. The van der Waals surface area contributed by atoms with E-state index in [0.717, 1.165) is 44.3 Å². The second-order valence-electron chi connectivity index (χ2n) is 5.90. The summed E-state index contributed by atoms with van der Waals surface area (Å²) in [6.45, 7) is 5.46. The zero-order valence-electron chi connectivity index (χ0n) is 13.1. The summed E-state index contributed by atoms with van der Waals surface area (Å²) in [5.41, 5.74) is 1.18. The molecule has 0 spiro atoms. The summed E-state index contributed by atoms with van der Waals surface area (Å²) < 4.78 is 19.3. The molecule has 2 aliphatic rings. The van der Waals surface area contributed by atoms with Gasteiger partial charge in [0.1, 0.15) is 13.2 Å². The smallest absolute Gasteiger partial charge is 0.165 e. The minimum Gasteiger partial charge on any atom is -0.486 e. The molecule has 3 heterocycles. The summed E-state index contributed by atoms with van der Waals surface area (Å²) in [4.78, 5) is 2.41. The van der Waals surface area contributed by atoms with Gasteiger partial charge in [-0.05, 0) is 12.1 Å². The standard InChI is InChI=1S/C17H21N3O3/c1-3-14(17-16(4-1)22-9-10-23-17)11-19-7-8-21-15(12-19)13-20-6-2-5-18-20/h1-6,15H,7-13H2/t15-/m0/s1. The monoisotopic (exact) mass is 315 g/mol. The van der Waals surface area contributed by atoms with Gasteiger partial charge in [0.15, 0.2) is 11.5 Å². The van der Waals surface area contributed by atoms with Gasteiger partial charge in [-0.2, -0.15) is 5.10 Å². The van der Waals surface area contributed by atoms with Crippen molar-refractivity contribution in [2.45, 2.75) is 19.2 Å². The Balaban J connectivity index is 1.42. The molecular formula is C17H21N3O3. The Morgan fingerprint density at radius 2 is 2.09 bits per heavy atom. The number of aromatic nitrogens is 2. The molecule has 0 aliphatic carbocycles. The molecule has 122 valence electrons. The summed E-state index contributed by atoms with van der Waals surface area (Å²) in [6.07, 6.45) is 3.94. The van der Waals surface area contributed by atoms with Gasteiger partial charge < -0.3 is 14.2 Å². The Labute approximate surface area is 135 Å². The molecule has 0 unspecified atom stereocenters. The van der Waals surface area contributed by atoms with Gasteiger partial charge in [-0.3, -0.25) is 9.58 Å². The summed E-state index contributed by atoms with van der Waals surface area (Å²) in [7, 11) is 0. The van der Waals surface area contributed by atoms with E-state index in [2.05, 4.69) is 16.1 Å². The van der Waals surface area contributed by atoms with Crippen molar-refractivity contribution in [1.29, 1.82) is 0 Å². The first-order valence-corrected chi connectivity index (χ1v) is 8.07. The molecular weight excluding hydrogens is 294 g/mol. The van der Waals surface area contributed by atoms with Gasteiger partial charge in [-0.25, -0.2) is 0 Å². The predicted octanol–water partition coefficient (Wildman–Crippen LogP) is 1.56. The van der Waals surface area contributed by atoms with Crippen LogP contribution in [0.2, 0.25) is 0 Å². The molecule has 2 aromatic rings. The van der Waals surface area contributed by atoms with Crippen molar-refractivity contribution >= 4 is 0 Å². The minimum atomic E-state index is 0.167. The number of morpholine rings is 1. The average Bonchev–Trinajstić information content (AvgIpc) is 3.09. The zero-order chi connectivity index (χ0) is 15.5. The van der Waals surface area contributed by atoms with Crippen LogP contribution in [-0.4, -0.2) is 53.7 Å². The molecule has 0 N–H and O–H groups in total. The van der Waals surface area contributed by atoms with Crippen molar-refractivity contribution in [3.05, 3.63) is 42.2 Å². The molecule has 1 aromatic heterocycles. The molecule has 0 bridgehead atoms. The molecule has 6 heteroatoms. The van der Waals surface area contributed by atoms with Crippen LogP contribution in [-0.2, 0) is 17.8 Å². The molecule has 23 heavy (non-hydrogen) atoms. The Kier molecular flexibility index (Phi) is 4.17. The molecule has 1 saturated heterocycles. The van der Waals surface area contributed by atoms with Crippen molar-refractivity contribution in [3.8, 4) is 11.5 Å². The first kappa shape index (κ1) is 14.5. The second kappa shape index (κ2) is 6.60. The maximum atomic E-state index is 5.87. The lowest BCUT2D eigenvalue weighted by atomic mass is 10.1. The van der Waals surface area contributed by atoms with E-state index in [4.69, 9.17) is 14.2 Å². The fraction of sp³-hybridized carbons (Fsp3) is 0.471. The summed E-state index contributed by atoms with van der Waals surface area (Å²) in [6, 6.07) is 8.06. The molecule has 6 nitrogen and oxygen atoms in total. The number of para-hydroxylation sites is 1. The van der Waals surface area contributed by atoms with Gasteiger partial charge in [0.2, 0.25) is 0 Å². The third kappa shape index (κ3) is 3.33. The van der Waals surface area contributed by atoms with Crippen LogP contribution < -0.4 is 9.47 Å². The Morgan fingerprint density at radius 3 is 3.00 bits per heavy atom. The van der Waals surface area contributed by atoms with Gasteiger partial charge in [0.25, 0.3) is 0 Å². The van der Waals surface area contributed by atoms with Gasteiger partial charge >= 0.3 is 0 Å². The molecule has 2 aliphatic heterocycles. The molecule has 1 aromatic carbocycles. The van der Waals surface area contributed by atoms with E-state index in [1.807, 2.05) is 29.1 Å². The number of nitrogens with zero attached hydrogens (tertiary/aromatic N) is 3. The number of fused-ring (bicyclic) bond motifs is 1. The van der Waals surface area contributed by atoms with Crippen LogP contribution >= 0.6 is 0 Å². The van der Waals surface area contributed by atoms with E-state index in [1.165, 1.54) is 5.56 Å². The van der Waals surface area contributed by atoms with Gasteiger partial charge in [-0.1, -0.05) is 12.1 Å². The zero-order valence-corrected chi connectivity index (χ0v) is 13.1. The Hall–Kier alpha value is -2.05. The van der Waals surface area contributed by atoms with Gasteiger partial charge in [0.05, 0.1) is 19.3 Å². The topological polar surface area (TPSA) is 48.8 Å². The highest BCUT2D eigenvalue weighted by atomic mass is 16.6. The van der Waals surface area contributed by atoms with E-state index >= 15 is 0 Å². The molecule has 4 rings (SSSR count). The van der Waals surface area contributed by atoms with E-state index < -0.39 is 0 Å². The Bertz CT molecular complexity index is 645. The molecule has 1 atom stereocenters. The largest absolute Gasteiger partial charge is 0.486 e. The highest BCUT2D eigenvalue weighted by Gasteiger charge is 2.23. The normalized spacial score (nSPS) is 21.3. The van der Waals surface area contributed by atoms with Crippen molar-refractivity contribution in [3.63, 3.8) is 0 Å². The SMILES string of the molecule is c1cc(CN2CCO[C@H](Cn3cccn3)C2)c2c(c1)OCCO2. The van der Waals surface area contributed by atoms with Crippen LogP contribution in [0.4, 0.5) is 0 Å². The Morgan fingerprint density at radius 1 is 1.13 bits per heavy atom. The number of hydrogen-bond acceptors (Lipinski definition) is 5. The number of rotatable bonds is 4. The lowest BCUT2D eigenvalue weighted by Crippen LogP contribution is -2.43. The highest BCUT2D eigenvalue weighted by molar-refractivity contribution is 5.47. The van der Waals surface area contributed by atoms with Gasteiger partial charge in [-0.15, -0.1) is 0 Å². The fourth-order valence-electron chi connectivity index (χ4n) is 3.15. The maximum absolute atomic E-state index is 5.87. The third-order valence-electron chi connectivity index (χ3n) is 4.21. The number of benzene rings is 1. The molecule has 0 radical (unpaired) electrons. The van der Waals surface area contributed by atoms with E-state index in [1.54, 1.807) is 6.20 Å². The van der Waals surface area contributed by atoms with Crippen molar-refractivity contribution in [2.75, 3.05) is 32.9 Å². The molecule has 1 fully saturated rings. The number of hydrogen-bond donors (Lipinski definition) is 0. The first-order chi connectivity index (χ1) is 11.4. The predicted molar refractivity (Wildman–Crippen MR) is 84.7 cm³/mol. The van der Waals surface area contributed by atoms with E-state index in [0.29, 0.717) is 13.2 Å². The van der Waals surface area contributed by atoms with Crippen LogP contribution in [0, 0.1) is 0 Å². The average molecular weight is 315 g/mol. The maximum Gasteiger partial charge on any atom is 0.165 e. The van der Waals surface area contributed by atoms with Crippen molar-refractivity contribution in [1.82, 2.24) is 14.7 Å². The summed E-state index contributed by atoms with van der Waals surface area (Å²) >= 11 is 0. The van der Waals surface area contributed by atoms with Gasteiger partial charge in [0, 0.05) is 37.6 Å². The second-order valence-corrected chi connectivity index (χ2v) is 5.90. The minimum absolute atomic E-state index is 0.167. The van der Waals surface area contributed by atoms with Crippen LogP contribution in [0.25, 0.3) is 0 Å². The third-order valence-corrected chi connectivity index (χ3v) is 4.21. The summed E-state index contributed by atoms with van der Waals surface area (Å²) in [5.74, 6) is 1.75.